The Kier molecular flexibility index (Phi) is 4.67. The summed E-state index contributed by atoms with van der Waals surface area (Å²) >= 11 is 5.94. The Labute approximate surface area is 173 Å². The lowest BCUT2D eigenvalue weighted by atomic mass is 9.92. The maximum Gasteiger partial charge on any atom is 0.325 e. The number of oxazole rings is 1. The van der Waals surface area contributed by atoms with Gasteiger partial charge in [0.2, 0.25) is 5.89 Å². The fourth-order valence-corrected chi connectivity index (χ4v) is 3.66. The number of imide groups is 1. The molecule has 1 fully saturated rings. The number of urea groups is 1. The molecule has 1 N–H and O–H groups in total. The Morgan fingerprint density at radius 3 is 2.55 bits per heavy atom. The summed E-state index contributed by atoms with van der Waals surface area (Å²) < 4.78 is 5.61. The Hall–Kier alpha value is -3.12. The predicted molar refractivity (Wildman–Crippen MR) is 109 cm³/mol. The normalized spacial score (nSPS) is 19.0. The number of hydrogen-bond acceptors (Lipinski definition) is 4. The minimum atomic E-state index is -1.15. The third-order valence-electron chi connectivity index (χ3n) is 5.18. The molecule has 1 aliphatic rings. The first-order valence-electron chi connectivity index (χ1n) is 9.20. The maximum absolute atomic E-state index is 13.0. The van der Waals surface area contributed by atoms with Crippen LogP contribution in [0.4, 0.5) is 4.79 Å². The van der Waals surface area contributed by atoms with Crippen LogP contribution in [0.25, 0.3) is 11.5 Å². The van der Waals surface area contributed by atoms with Gasteiger partial charge in [-0.15, -0.1) is 0 Å². The first kappa shape index (κ1) is 19.2. The van der Waals surface area contributed by atoms with Gasteiger partial charge in [0.15, 0.2) is 0 Å². The Morgan fingerprint density at radius 1 is 1.14 bits per heavy atom. The van der Waals surface area contributed by atoms with E-state index in [1.165, 1.54) is 6.26 Å². The summed E-state index contributed by atoms with van der Waals surface area (Å²) in [6.07, 6.45) is 1.48. The smallest absolute Gasteiger partial charge is 0.325 e. The van der Waals surface area contributed by atoms with Crippen molar-refractivity contribution in [2.75, 3.05) is 0 Å². The fourth-order valence-electron chi connectivity index (χ4n) is 3.54. The number of halogens is 1. The maximum atomic E-state index is 13.0. The molecule has 1 aromatic heterocycles. The zero-order valence-electron chi connectivity index (χ0n) is 16.3. The molecule has 1 saturated heterocycles. The molecule has 0 bridgehead atoms. The highest BCUT2D eigenvalue weighted by atomic mass is 35.5. The number of amides is 3. The van der Waals surface area contributed by atoms with Crippen LogP contribution in [0.5, 0.6) is 0 Å². The summed E-state index contributed by atoms with van der Waals surface area (Å²) in [7, 11) is 0. The second-order valence-electron chi connectivity index (χ2n) is 7.42. The predicted octanol–water partition coefficient (Wildman–Crippen LogP) is 4.58. The van der Waals surface area contributed by atoms with Crippen LogP contribution in [0.2, 0.25) is 5.02 Å². The van der Waals surface area contributed by atoms with E-state index < -0.39 is 11.6 Å². The minimum Gasteiger partial charge on any atom is -0.444 e. The van der Waals surface area contributed by atoms with E-state index >= 15 is 0 Å². The second-order valence-corrected chi connectivity index (χ2v) is 7.85. The molecule has 29 heavy (non-hydrogen) atoms. The number of hydrogen-bond donors (Lipinski definition) is 1. The first-order valence-corrected chi connectivity index (χ1v) is 9.58. The highest BCUT2D eigenvalue weighted by Gasteiger charge is 2.49. The monoisotopic (exact) mass is 409 g/mol. The number of aromatic nitrogens is 1. The van der Waals surface area contributed by atoms with Crippen LogP contribution in [0.15, 0.2) is 53.1 Å². The van der Waals surface area contributed by atoms with Crippen LogP contribution in [0.3, 0.4) is 0 Å². The number of rotatable bonds is 4. The molecule has 2 heterocycles. The first-order chi connectivity index (χ1) is 13.8. The zero-order chi connectivity index (χ0) is 20.8. The van der Waals surface area contributed by atoms with Crippen molar-refractivity contribution in [1.82, 2.24) is 15.2 Å². The Balaban J connectivity index is 1.57. The van der Waals surface area contributed by atoms with Crippen LogP contribution in [0.1, 0.15) is 29.3 Å². The van der Waals surface area contributed by atoms with Gasteiger partial charge in [-0.3, -0.25) is 9.69 Å². The van der Waals surface area contributed by atoms with Crippen molar-refractivity contribution in [2.24, 2.45) is 0 Å². The van der Waals surface area contributed by atoms with Crippen molar-refractivity contribution in [3.63, 3.8) is 0 Å². The highest BCUT2D eigenvalue weighted by Crippen LogP contribution is 2.31. The van der Waals surface area contributed by atoms with Gasteiger partial charge in [0.25, 0.3) is 5.91 Å². The number of benzene rings is 2. The van der Waals surface area contributed by atoms with E-state index in [4.69, 9.17) is 16.0 Å². The van der Waals surface area contributed by atoms with Gasteiger partial charge >= 0.3 is 6.03 Å². The molecule has 3 amide bonds. The van der Waals surface area contributed by atoms with Gasteiger partial charge in [-0.1, -0.05) is 41.4 Å². The van der Waals surface area contributed by atoms with Crippen molar-refractivity contribution in [3.8, 4) is 11.5 Å². The van der Waals surface area contributed by atoms with Crippen LogP contribution in [0, 0.1) is 13.8 Å². The summed E-state index contributed by atoms with van der Waals surface area (Å²) in [5.74, 6) is 0.117. The lowest BCUT2D eigenvalue weighted by Crippen LogP contribution is -2.40. The van der Waals surface area contributed by atoms with E-state index in [0.29, 0.717) is 22.2 Å². The summed E-state index contributed by atoms with van der Waals surface area (Å²) in [4.78, 5) is 31.2. The van der Waals surface area contributed by atoms with E-state index in [1.54, 1.807) is 31.2 Å². The van der Waals surface area contributed by atoms with Crippen molar-refractivity contribution >= 4 is 23.5 Å². The SMILES string of the molecule is Cc1ccc(-c2nc(CN3C(=O)NC(C)(c4ccc(Cl)cc4)C3=O)co2)c(C)c1. The molecule has 148 valence electrons. The van der Waals surface area contributed by atoms with Gasteiger partial charge in [-0.25, -0.2) is 9.78 Å². The van der Waals surface area contributed by atoms with E-state index in [2.05, 4.69) is 10.3 Å². The zero-order valence-corrected chi connectivity index (χ0v) is 17.1. The lowest BCUT2D eigenvalue weighted by molar-refractivity contribution is -0.131. The average Bonchev–Trinajstić information content (AvgIpc) is 3.21. The molecule has 4 rings (SSSR count). The number of carbonyl (C=O) groups is 2. The van der Waals surface area contributed by atoms with Crippen molar-refractivity contribution in [1.29, 1.82) is 0 Å². The highest BCUT2D eigenvalue weighted by molar-refractivity contribution is 6.30. The molecule has 0 saturated carbocycles. The third kappa shape index (κ3) is 3.40. The van der Waals surface area contributed by atoms with Crippen LogP contribution in [-0.2, 0) is 16.9 Å². The topological polar surface area (TPSA) is 75.4 Å². The van der Waals surface area contributed by atoms with Crippen molar-refractivity contribution in [3.05, 3.63) is 76.1 Å². The molecular formula is C22H20ClN3O3. The van der Waals surface area contributed by atoms with Crippen molar-refractivity contribution in [2.45, 2.75) is 32.9 Å². The second kappa shape index (κ2) is 7.04. The average molecular weight is 410 g/mol. The number of nitrogens with one attached hydrogen (secondary N) is 1. The number of aryl methyl sites for hydroxylation is 2. The largest absolute Gasteiger partial charge is 0.444 e. The quantitative estimate of drug-likeness (QED) is 0.640. The third-order valence-corrected chi connectivity index (χ3v) is 5.43. The molecule has 0 spiro atoms. The van der Waals surface area contributed by atoms with Crippen LogP contribution in [-0.4, -0.2) is 21.8 Å². The van der Waals surface area contributed by atoms with Crippen LogP contribution >= 0.6 is 11.6 Å². The number of nitrogens with zero attached hydrogens (tertiary/aromatic N) is 2. The summed E-state index contributed by atoms with van der Waals surface area (Å²) in [6, 6.07) is 12.4. The minimum absolute atomic E-state index is 0.0300. The van der Waals surface area contributed by atoms with Gasteiger partial charge in [0.1, 0.15) is 11.8 Å². The van der Waals surface area contributed by atoms with E-state index in [1.807, 2.05) is 32.0 Å². The molecule has 1 aliphatic heterocycles. The van der Waals surface area contributed by atoms with E-state index in [9.17, 15) is 9.59 Å². The molecule has 0 radical (unpaired) electrons. The van der Waals surface area contributed by atoms with Gasteiger partial charge in [-0.2, -0.15) is 0 Å². The van der Waals surface area contributed by atoms with Crippen molar-refractivity contribution < 1.29 is 14.0 Å². The Bertz CT molecular complexity index is 1110. The van der Waals surface area contributed by atoms with E-state index in [-0.39, 0.29) is 12.5 Å². The molecule has 3 aromatic rings. The molecule has 6 nitrogen and oxygen atoms in total. The summed E-state index contributed by atoms with van der Waals surface area (Å²) in [5.41, 5.74) is 3.09. The number of carbonyl (C=O) groups excluding carboxylic acids is 2. The summed E-state index contributed by atoms with van der Waals surface area (Å²) in [5, 5.41) is 3.34. The van der Waals surface area contributed by atoms with Crippen LogP contribution < -0.4 is 5.32 Å². The van der Waals surface area contributed by atoms with E-state index in [0.717, 1.165) is 21.6 Å². The van der Waals surface area contributed by atoms with Gasteiger partial charge in [0, 0.05) is 10.6 Å². The fraction of sp³-hybridized carbons (Fsp3) is 0.227. The molecule has 7 heteroatoms. The van der Waals surface area contributed by atoms with Gasteiger partial charge in [-0.05, 0) is 50.1 Å². The lowest BCUT2D eigenvalue weighted by Gasteiger charge is -2.22. The molecule has 2 aromatic carbocycles. The molecule has 0 aliphatic carbocycles. The van der Waals surface area contributed by atoms with Gasteiger partial charge < -0.3 is 9.73 Å². The molecule has 1 atom stereocenters. The Morgan fingerprint density at radius 2 is 1.86 bits per heavy atom. The molecular weight excluding hydrogens is 390 g/mol. The van der Waals surface area contributed by atoms with Gasteiger partial charge in [0.05, 0.1) is 12.2 Å². The molecule has 1 unspecified atom stereocenters. The summed E-state index contributed by atoms with van der Waals surface area (Å²) in [6.45, 7) is 5.72. The standard InChI is InChI=1S/C22H20ClN3O3/c1-13-4-9-18(14(2)10-13)19-24-17(12-29-19)11-26-20(27)22(3,25-21(26)28)15-5-7-16(23)8-6-15/h4-10,12H,11H2,1-3H3,(H,25,28).